The highest BCUT2D eigenvalue weighted by molar-refractivity contribution is 6.09. The van der Waals surface area contributed by atoms with Crippen LogP contribution in [0.15, 0.2) is 77.9 Å². The zero-order valence-corrected chi connectivity index (χ0v) is 18.0. The minimum atomic E-state index is -0.558. The quantitative estimate of drug-likeness (QED) is 0.483. The third kappa shape index (κ3) is 3.61. The van der Waals surface area contributed by atoms with Crippen LogP contribution in [0.1, 0.15) is 41.1 Å². The Morgan fingerprint density at radius 2 is 1.91 bits per heavy atom. The zero-order valence-electron chi connectivity index (χ0n) is 18.0. The second-order valence-corrected chi connectivity index (χ2v) is 7.87. The molecule has 0 amide bonds. The summed E-state index contributed by atoms with van der Waals surface area (Å²) in [5.41, 5.74) is 1.95. The number of benzene rings is 2. The smallest absolute Gasteiger partial charge is 0.266 e. The van der Waals surface area contributed by atoms with Gasteiger partial charge in [-0.05, 0) is 42.1 Å². The summed E-state index contributed by atoms with van der Waals surface area (Å²) < 4.78 is 16.2. The van der Waals surface area contributed by atoms with E-state index in [1.807, 2.05) is 43.3 Å². The lowest BCUT2D eigenvalue weighted by Gasteiger charge is -2.25. The summed E-state index contributed by atoms with van der Waals surface area (Å²) in [5.74, 6) is -0.292. The van der Waals surface area contributed by atoms with Crippen LogP contribution in [-0.4, -0.2) is 20.3 Å². The monoisotopic (exact) mass is 440 g/mol. The topological polar surface area (TPSA) is 76.9 Å². The first-order valence-electron chi connectivity index (χ1n) is 10.8. The number of pyridine rings is 1. The number of aromatic nitrogens is 3. The summed E-state index contributed by atoms with van der Waals surface area (Å²) in [6.07, 6.45) is 5.88. The largest absolute Gasteiger partial charge is 0.361 e. The first kappa shape index (κ1) is 20.8. The minimum absolute atomic E-state index is 0.0414. The molecular formula is C26H21FN4O2. The van der Waals surface area contributed by atoms with Crippen LogP contribution in [0.2, 0.25) is 0 Å². The Labute approximate surface area is 189 Å². The third-order valence-corrected chi connectivity index (χ3v) is 5.87. The fourth-order valence-electron chi connectivity index (χ4n) is 4.30. The van der Waals surface area contributed by atoms with E-state index >= 15 is 0 Å². The maximum atomic E-state index is 14.6. The molecule has 0 saturated heterocycles. The summed E-state index contributed by atoms with van der Waals surface area (Å²) in [7, 11) is 0. The van der Waals surface area contributed by atoms with Crippen molar-refractivity contribution >= 4 is 22.4 Å². The predicted octanol–water partition coefficient (Wildman–Crippen LogP) is 4.78. The van der Waals surface area contributed by atoms with E-state index in [9.17, 15) is 14.0 Å². The van der Waals surface area contributed by atoms with Crippen molar-refractivity contribution in [3.8, 4) is 5.69 Å². The highest BCUT2D eigenvalue weighted by Crippen LogP contribution is 2.29. The summed E-state index contributed by atoms with van der Waals surface area (Å²) in [6, 6.07) is 15.2. The number of carbonyl (C=O) groups is 1. The van der Waals surface area contributed by atoms with Crippen LogP contribution >= 0.6 is 0 Å². The molecule has 2 heterocycles. The van der Waals surface area contributed by atoms with E-state index in [0.717, 1.165) is 0 Å². The molecule has 1 aliphatic carbocycles. The number of hydrogen-bond donors (Lipinski definition) is 1. The van der Waals surface area contributed by atoms with Crippen molar-refractivity contribution in [1.82, 2.24) is 14.5 Å². The summed E-state index contributed by atoms with van der Waals surface area (Å²) in [4.78, 5) is 34.7. The number of anilines is 1. The highest BCUT2D eigenvalue weighted by Gasteiger charge is 2.24. The van der Waals surface area contributed by atoms with E-state index < -0.39 is 11.4 Å². The summed E-state index contributed by atoms with van der Waals surface area (Å²) in [6.45, 7) is 1.97. The van der Waals surface area contributed by atoms with Crippen molar-refractivity contribution in [3.63, 3.8) is 0 Å². The Balaban J connectivity index is 1.71. The van der Waals surface area contributed by atoms with Gasteiger partial charge in [-0.15, -0.1) is 0 Å². The van der Waals surface area contributed by atoms with E-state index in [-0.39, 0.29) is 17.2 Å². The second kappa shape index (κ2) is 8.43. The molecule has 7 heteroatoms. The van der Waals surface area contributed by atoms with Crippen molar-refractivity contribution in [2.45, 2.75) is 25.8 Å². The molecule has 5 rings (SSSR count). The van der Waals surface area contributed by atoms with Gasteiger partial charge < -0.3 is 5.32 Å². The molecule has 1 aliphatic rings. The van der Waals surface area contributed by atoms with Crippen LogP contribution in [0, 0.1) is 5.82 Å². The molecule has 1 atom stereocenters. The lowest BCUT2D eigenvalue weighted by molar-refractivity contribution is 0.104. The average molecular weight is 440 g/mol. The Morgan fingerprint density at radius 1 is 1.09 bits per heavy atom. The molecule has 2 aromatic heterocycles. The molecular weight excluding hydrogens is 419 g/mol. The van der Waals surface area contributed by atoms with Crippen molar-refractivity contribution in [3.05, 3.63) is 106 Å². The lowest BCUT2D eigenvalue weighted by Crippen LogP contribution is -2.27. The zero-order chi connectivity index (χ0) is 22.9. The van der Waals surface area contributed by atoms with Gasteiger partial charge >= 0.3 is 0 Å². The van der Waals surface area contributed by atoms with Gasteiger partial charge in [0.15, 0.2) is 5.78 Å². The number of ketones is 1. The van der Waals surface area contributed by atoms with Crippen LogP contribution in [0.3, 0.4) is 0 Å². The minimum Gasteiger partial charge on any atom is -0.361 e. The van der Waals surface area contributed by atoms with Gasteiger partial charge in [0.1, 0.15) is 18.0 Å². The molecule has 0 spiro atoms. The van der Waals surface area contributed by atoms with E-state index in [2.05, 4.69) is 15.3 Å². The highest BCUT2D eigenvalue weighted by atomic mass is 19.1. The predicted molar refractivity (Wildman–Crippen MR) is 125 cm³/mol. The van der Waals surface area contributed by atoms with Gasteiger partial charge in [-0.25, -0.2) is 14.4 Å². The second-order valence-electron chi connectivity index (χ2n) is 7.87. The molecule has 4 aromatic rings. The first-order valence-corrected chi connectivity index (χ1v) is 10.8. The van der Waals surface area contributed by atoms with Crippen LogP contribution < -0.4 is 10.9 Å². The Hall–Kier alpha value is -4.13. The van der Waals surface area contributed by atoms with Gasteiger partial charge in [0.05, 0.1) is 22.7 Å². The van der Waals surface area contributed by atoms with E-state index in [4.69, 9.17) is 0 Å². The Bertz CT molecular complexity index is 1460. The molecule has 0 unspecified atom stereocenters. The van der Waals surface area contributed by atoms with Gasteiger partial charge in [0.2, 0.25) is 0 Å². The third-order valence-electron chi connectivity index (χ3n) is 5.87. The molecule has 2 aromatic carbocycles. The number of fused-ring (bicyclic) bond motifs is 2. The number of carbonyl (C=O) groups excluding carboxylic acids is 1. The lowest BCUT2D eigenvalue weighted by atomic mass is 10.00. The Morgan fingerprint density at radius 3 is 2.70 bits per heavy atom. The number of rotatable bonds is 5. The van der Waals surface area contributed by atoms with Crippen molar-refractivity contribution < 1.29 is 9.18 Å². The van der Waals surface area contributed by atoms with Crippen LogP contribution in [0.4, 0.5) is 10.2 Å². The Kier molecular flexibility index (Phi) is 5.30. The first-order chi connectivity index (χ1) is 16.1. The standard InChI is InChI=1S/C26H21FN4O2/c1-2-19(30-25-24-20(28-15-29-25)12-7-13-22(24)32)21-14-16-8-6-11-18(27)23(16)26(33)31(21)17-9-4-3-5-10-17/h3-11,13-15,19H,2,12H2,1H3,(H,28,29,30)/t19-/m0/s1. The SMILES string of the molecule is CC[C@H](Nc1ncnc2c1C(=O)C=CC2)c1cc2cccc(F)c2c(=O)n1-c1ccccc1. The van der Waals surface area contributed by atoms with E-state index in [0.29, 0.717) is 46.7 Å². The normalized spacial score (nSPS) is 13.7. The van der Waals surface area contributed by atoms with Gasteiger partial charge in [-0.1, -0.05) is 43.3 Å². The molecule has 0 radical (unpaired) electrons. The van der Waals surface area contributed by atoms with Gasteiger partial charge in [0, 0.05) is 17.8 Å². The van der Waals surface area contributed by atoms with Gasteiger partial charge in [-0.2, -0.15) is 0 Å². The summed E-state index contributed by atoms with van der Waals surface area (Å²) in [5, 5.41) is 3.92. The van der Waals surface area contributed by atoms with Crippen LogP contribution in [-0.2, 0) is 6.42 Å². The molecule has 6 nitrogen and oxygen atoms in total. The number of nitrogens with zero attached hydrogens (tertiary/aromatic N) is 3. The van der Waals surface area contributed by atoms with E-state index in [1.54, 1.807) is 18.2 Å². The number of hydrogen-bond acceptors (Lipinski definition) is 5. The molecule has 33 heavy (non-hydrogen) atoms. The molecule has 0 bridgehead atoms. The molecule has 1 N–H and O–H groups in total. The van der Waals surface area contributed by atoms with Crippen molar-refractivity contribution in [2.75, 3.05) is 5.32 Å². The molecule has 0 saturated carbocycles. The molecule has 0 aliphatic heterocycles. The van der Waals surface area contributed by atoms with Gasteiger partial charge in [0.25, 0.3) is 5.56 Å². The number of nitrogens with one attached hydrogen (secondary N) is 1. The van der Waals surface area contributed by atoms with Crippen molar-refractivity contribution in [1.29, 1.82) is 0 Å². The number of halogens is 1. The number of para-hydroxylation sites is 1. The fourth-order valence-corrected chi connectivity index (χ4v) is 4.30. The van der Waals surface area contributed by atoms with Crippen LogP contribution in [0.5, 0.6) is 0 Å². The fraction of sp³-hybridized carbons (Fsp3) is 0.154. The summed E-state index contributed by atoms with van der Waals surface area (Å²) >= 11 is 0. The average Bonchev–Trinajstić information content (AvgIpc) is 2.83. The van der Waals surface area contributed by atoms with E-state index in [1.165, 1.54) is 23.0 Å². The van der Waals surface area contributed by atoms with Crippen LogP contribution in [0.25, 0.3) is 16.5 Å². The maximum Gasteiger partial charge on any atom is 0.266 e. The molecule has 0 fully saturated rings. The maximum absolute atomic E-state index is 14.6. The van der Waals surface area contributed by atoms with Crippen molar-refractivity contribution in [2.24, 2.45) is 0 Å². The van der Waals surface area contributed by atoms with Gasteiger partial charge in [-0.3, -0.25) is 14.2 Å². The number of allylic oxidation sites excluding steroid dienone is 2. The molecule has 164 valence electrons.